The minimum atomic E-state index is 0.832. The summed E-state index contributed by atoms with van der Waals surface area (Å²) in [5.74, 6) is 0. The zero-order valence-corrected chi connectivity index (χ0v) is 16.2. The van der Waals surface area contributed by atoms with E-state index < -0.39 is 0 Å². The van der Waals surface area contributed by atoms with Gasteiger partial charge in [-0.1, -0.05) is 12.1 Å². The molecule has 0 aliphatic heterocycles. The van der Waals surface area contributed by atoms with Gasteiger partial charge < -0.3 is 4.42 Å². The van der Waals surface area contributed by atoms with Gasteiger partial charge in [-0.25, -0.2) is 0 Å². The van der Waals surface area contributed by atoms with Crippen LogP contribution in [0, 0.1) is 13.8 Å². The summed E-state index contributed by atoms with van der Waals surface area (Å²) in [6.45, 7) is 4.15. The molecule has 0 saturated heterocycles. The highest BCUT2D eigenvalue weighted by molar-refractivity contribution is 7.26. The van der Waals surface area contributed by atoms with Crippen molar-refractivity contribution in [3.63, 3.8) is 0 Å². The average molecular weight is 382 g/mol. The third kappa shape index (κ3) is 2.08. The van der Waals surface area contributed by atoms with Gasteiger partial charge in [0.2, 0.25) is 11.1 Å². The van der Waals surface area contributed by atoms with E-state index in [2.05, 4.69) is 53.7 Å². The van der Waals surface area contributed by atoms with Crippen molar-refractivity contribution in [2.75, 3.05) is 0 Å². The number of hydrogen-bond acceptors (Lipinski definition) is 4. The number of pyridine rings is 1. The summed E-state index contributed by atoms with van der Waals surface area (Å²) in [6, 6.07) is 16.7. The first kappa shape index (κ1) is 15.7. The number of thiophene rings is 1. The summed E-state index contributed by atoms with van der Waals surface area (Å²) in [5, 5.41) is 3.56. The Bertz CT molecular complexity index is 1540. The minimum Gasteiger partial charge on any atom is -0.448 e. The van der Waals surface area contributed by atoms with Gasteiger partial charge >= 0.3 is 0 Å². The summed E-state index contributed by atoms with van der Waals surface area (Å²) in [5.41, 5.74) is 5.81. The van der Waals surface area contributed by atoms with E-state index in [1.807, 2.05) is 30.7 Å². The Morgan fingerprint density at radius 2 is 1.82 bits per heavy atom. The van der Waals surface area contributed by atoms with Crippen molar-refractivity contribution in [3.05, 3.63) is 72.4 Å². The molecule has 0 atom stereocenters. The molecule has 28 heavy (non-hydrogen) atoms. The van der Waals surface area contributed by atoms with Crippen LogP contribution >= 0.6 is 11.3 Å². The number of aryl methyl sites for hydroxylation is 2. The van der Waals surface area contributed by atoms with Gasteiger partial charge in [-0.2, -0.15) is 4.57 Å². The van der Waals surface area contributed by atoms with Gasteiger partial charge in [0.25, 0.3) is 6.33 Å². The van der Waals surface area contributed by atoms with Gasteiger partial charge in [-0.15, -0.1) is 11.3 Å². The third-order valence-electron chi connectivity index (χ3n) is 5.39. The first-order valence-electron chi connectivity index (χ1n) is 9.17. The molecule has 0 unspecified atom stereocenters. The molecule has 0 spiro atoms. The molecule has 0 radical (unpaired) electrons. The topological polar surface area (TPSA) is 42.8 Å². The van der Waals surface area contributed by atoms with E-state index in [0.717, 1.165) is 39.1 Å². The van der Waals surface area contributed by atoms with E-state index >= 15 is 0 Å². The van der Waals surface area contributed by atoms with Crippen LogP contribution in [0.1, 0.15) is 11.4 Å². The molecule has 0 bridgehead atoms. The maximum Gasteiger partial charge on any atom is 0.292 e. The normalized spacial score (nSPS) is 11.9. The van der Waals surface area contributed by atoms with E-state index in [1.54, 1.807) is 11.3 Å². The first-order valence-corrected chi connectivity index (χ1v) is 9.99. The number of hydrogen-bond donors (Lipinski definition) is 0. The predicted molar refractivity (Wildman–Crippen MR) is 113 cm³/mol. The number of nitrogens with zero attached hydrogens (tertiary/aromatic N) is 3. The van der Waals surface area contributed by atoms with Gasteiger partial charge in [0.15, 0.2) is 5.69 Å². The molecule has 4 heterocycles. The molecule has 2 aromatic carbocycles. The molecule has 4 aromatic heterocycles. The van der Waals surface area contributed by atoms with E-state index in [-0.39, 0.29) is 0 Å². The number of benzene rings is 2. The van der Waals surface area contributed by atoms with Gasteiger partial charge in [-0.3, -0.25) is 4.98 Å². The maximum absolute atomic E-state index is 6.11. The Labute approximate surface area is 164 Å². The number of aromatic nitrogens is 3. The van der Waals surface area contributed by atoms with Crippen molar-refractivity contribution in [2.45, 2.75) is 13.8 Å². The zero-order chi connectivity index (χ0) is 18.8. The van der Waals surface area contributed by atoms with Crippen LogP contribution in [-0.4, -0.2) is 9.97 Å². The molecular formula is C23H16N3OS+. The highest BCUT2D eigenvalue weighted by Gasteiger charge is 2.20. The second-order valence-corrected chi connectivity index (χ2v) is 8.08. The van der Waals surface area contributed by atoms with Crippen LogP contribution in [0.2, 0.25) is 0 Å². The fraction of sp³-hybridized carbons (Fsp3) is 0.0870. The van der Waals surface area contributed by atoms with E-state index in [0.29, 0.717) is 0 Å². The van der Waals surface area contributed by atoms with Gasteiger partial charge in [0.05, 0.1) is 15.8 Å². The quantitative estimate of drug-likeness (QED) is 0.346. The SMILES string of the molecule is Cc1nccc2c1sc1ccc(-[n+]3cnc4c(oc5ccccc54)c3C)cc12. The summed E-state index contributed by atoms with van der Waals surface area (Å²) in [6.07, 6.45) is 3.78. The first-order chi connectivity index (χ1) is 13.7. The van der Waals surface area contributed by atoms with Crippen molar-refractivity contribution < 1.29 is 8.98 Å². The highest BCUT2D eigenvalue weighted by Crippen LogP contribution is 2.35. The molecule has 6 aromatic rings. The van der Waals surface area contributed by atoms with Crippen LogP contribution in [0.3, 0.4) is 0 Å². The number of furan rings is 1. The van der Waals surface area contributed by atoms with Crippen molar-refractivity contribution in [2.24, 2.45) is 0 Å². The molecule has 134 valence electrons. The van der Waals surface area contributed by atoms with Crippen molar-refractivity contribution in [1.82, 2.24) is 9.97 Å². The van der Waals surface area contributed by atoms with Crippen molar-refractivity contribution in [3.8, 4) is 5.69 Å². The van der Waals surface area contributed by atoms with Gasteiger partial charge in [-0.05, 0) is 48.3 Å². The predicted octanol–water partition coefficient (Wildman–Crippen LogP) is 5.64. The molecule has 0 fully saturated rings. The Morgan fingerprint density at radius 1 is 0.929 bits per heavy atom. The number of para-hydroxylation sites is 1. The monoisotopic (exact) mass is 382 g/mol. The lowest BCUT2D eigenvalue weighted by Crippen LogP contribution is -2.34. The molecule has 0 N–H and O–H groups in total. The molecular weight excluding hydrogens is 366 g/mol. The van der Waals surface area contributed by atoms with Gasteiger partial charge in [0.1, 0.15) is 11.3 Å². The number of rotatable bonds is 1. The largest absolute Gasteiger partial charge is 0.448 e. The average Bonchev–Trinajstić information content (AvgIpc) is 3.28. The Balaban J connectivity index is 1.63. The second-order valence-electron chi connectivity index (χ2n) is 7.03. The summed E-state index contributed by atoms with van der Waals surface area (Å²) >= 11 is 1.80. The lowest BCUT2D eigenvalue weighted by Gasteiger charge is -2.03. The Kier molecular flexibility index (Phi) is 3.14. The van der Waals surface area contributed by atoms with Crippen LogP contribution in [0.5, 0.6) is 0 Å². The van der Waals surface area contributed by atoms with Crippen LogP contribution in [-0.2, 0) is 0 Å². The number of fused-ring (bicyclic) bond motifs is 6. The molecule has 0 amide bonds. The Morgan fingerprint density at radius 3 is 2.75 bits per heavy atom. The van der Waals surface area contributed by atoms with E-state index in [4.69, 9.17) is 9.40 Å². The van der Waals surface area contributed by atoms with Gasteiger partial charge in [0, 0.05) is 28.6 Å². The fourth-order valence-electron chi connectivity index (χ4n) is 3.95. The lowest BCUT2D eigenvalue weighted by atomic mass is 10.1. The van der Waals surface area contributed by atoms with Crippen molar-refractivity contribution in [1.29, 1.82) is 0 Å². The van der Waals surface area contributed by atoms with Crippen LogP contribution in [0.25, 0.3) is 47.9 Å². The van der Waals surface area contributed by atoms with Crippen LogP contribution < -0.4 is 4.57 Å². The van der Waals surface area contributed by atoms with E-state index in [9.17, 15) is 0 Å². The second kappa shape index (κ2) is 5.59. The third-order valence-corrected chi connectivity index (χ3v) is 6.68. The summed E-state index contributed by atoms with van der Waals surface area (Å²) in [4.78, 5) is 9.15. The minimum absolute atomic E-state index is 0.832. The molecule has 5 heteroatoms. The smallest absolute Gasteiger partial charge is 0.292 e. The molecule has 0 aliphatic rings. The molecule has 0 aliphatic carbocycles. The fourth-order valence-corrected chi connectivity index (χ4v) is 5.07. The van der Waals surface area contributed by atoms with Crippen molar-refractivity contribution >= 4 is 53.6 Å². The summed E-state index contributed by atoms with van der Waals surface area (Å²) < 4.78 is 10.7. The van der Waals surface area contributed by atoms with Crippen LogP contribution in [0.15, 0.2) is 65.5 Å². The van der Waals surface area contributed by atoms with E-state index in [1.165, 1.54) is 20.2 Å². The summed E-state index contributed by atoms with van der Waals surface area (Å²) in [7, 11) is 0. The lowest BCUT2D eigenvalue weighted by molar-refractivity contribution is -0.604. The highest BCUT2D eigenvalue weighted by atomic mass is 32.1. The maximum atomic E-state index is 6.11. The molecule has 6 rings (SSSR count). The van der Waals surface area contributed by atoms with Crippen LogP contribution in [0.4, 0.5) is 0 Å². The Hall–Kier alpha value is -3.31. The standard InChI is InChI=1S/C23H16N3OS/c1-13-23-16(9-10-24-13)18-11-15(7-8-20(18)28-23)26-12-25-21-17-5-3-4-6-19(17)27-22(21)14(26)2/h3-12H,1-2H3/q+1. The zero-order valence-electron chi connectivity index (χ0n) is 15.4. The molecule has 4 nitrogen and oxygen atoms in total. The molecule has 0 saturated carbocycles.